The topological polar surface area (TPSA) is 89.0 Å². The molecule has 0 atom stereocenters. The molecule has 0 radical (unpaired) electrons. The summed E-state index contributed by atoms with van der Waals surface area (Å²) in [5.74, 6) is 1.34. The SMILES string of the molecule is CCc1c(C)nn(-c2ccc(OCc3c(OC)cccc3-n3nnn(C)c3=O)c(C)c2)c1C. The molecule has 0 bridgehead atoms. The third-order valence-electron chi connectivity index (χ3n) is 5.85. The number of hydrogen-bond acceptors (Lipinski definition) is 6. The molecule has 0 fully saturated rings. The van der Waals surface area contributed by atoms with E-state index in [9.17, 15) is 4.79 Å². The lowest BCUT2D eigenvalue weighted by molar-refractivity contribution is 0.294. The summed E-state index contributed by atoms with van der Waals surface area (Å²) >= 11 is 0. The van der Waals surface area contributed by atoms with Crippen molar-refractivity contribution in [3.63, 3.8) is 0 Å². The average Bonchev–Trinajstić information content (AvgIpc) is 3.29. The number of aromatic nitrogens is 6. The summed E-state index contributed by atoms with van der Waals surface area (Å²) < 4.78 is 16.1. The van der Waals surface area contributed by atoms with E-state index >= 15 is 0 Å². The third kappa shape index (κ3) is 4.02. The van der Waals surface area contributed by atoms with E-state index in [0.29, 0.717) is 17.0 Å². The second-order valence-electron chi connectivity index (χ2n) is 7.91. The van der Waals surface area contributed by atoms with Crippen molar-refractivity contribution in [1.29, 1.82) is 0 Å². The highest BCUT2D eigenvalue weighted by Gasteiger charge is 2.17. The molecule has 0 N–H and O–H groups in total. The van der Waals surface area contributed by atoms with E-state index in [1.54, 1.807) is 26.3 Å². The summed E-state index contributed by atoms with van der Waals surface area (Å²) in [6.07, 6.45) is 0.952. The summed E-state index contributed by atoms with van der Waals surface area (Å²) in [7, 11) is 3.14. The molecule has 0 amide bonds. The van der Waals surface area contributed by atoms with Crippen LogP contribution in [0, 0.1) is 20.8 Å². The summed E-state index contributed by atoms with van der Waals surface area (Å²) in [4.78, 5) is 12.4. The Bertz CT molecular complexity index is 1370. The highest BCUT2D eigenvalue weighted by Crippen LogP contribution is 2.28. The number of ether oxygens (including phenoxy) is 2. The molecule has 0 aliphatic heterocycles. The van der Waals surface area contributed by atoms with Crippen molar-refractivity contribution in [3.05, 3.63) is 75.0 Å². The lowest BCUT2D eigenvalue weighted by Gasteiger charge is -2.16. The van der Waals surface area contributed by atoms with Gasteiger partial charge in [-0.05, 0) is 79.1 Å². The van der Waals surface area contributed by atoms with Crippen molar-refractivity contribution in [1.82, 2.24) is 29.6 Å². The first-order valence-corrected chi connectivity index (χ1v) is 10.8. The van der Waals surface area contributed by atoms with E-state index in [1.165, 1.54) is 14.9 Å². The fraction of sp³-hybridized carbons (Fsp3) is 0.333. The molecule has 172 valence electrons. The van der Waals surface area contributed by atoms with Gasteiger partial charge in [0, 0.05) is 12.7 Å². The van der Waals surface area contributed by atoms with Crippen LogP contribution in [0.25, 0.3) is 11.4 Å². The Morgan fingerprint density at radius 3 is 2.36 bits per heavy atom. The van der Waals surface area contributed by atoms with E-state index in [0.717, 1.165) is 34.8 Å². The molecule has 0 saturated carbocycles. The molecule has 4 rings (SSSR count). The standard InChI is InChI=1S/C24H28N6O3/c1-7-19-16(3)25-29(17(19)4)18-11-12-22(15(2)13-18)33-14-20-21(9-8-10-23(20)32-6)30-24(31)28(5)26-27-30/h8-13H,7,14H2,1-6H3. The molecule has 33 heavy (non-hydrogen) atoms. The number of benzene rings is 2. The minimum Gasteiger partial charge on any atom is -0.496 e. The van der Waals surface area contributed by atoms with Crippen molar-refractivity contribution in [2.24, 2.45) is 7.05 Å². The van der Waals surface area contributed by atoms with Crippen LogP contribution in [0.15, 0.2) is 41.2 Å². The molecule has 2 aromatic heterocycles. The first-order valence-electron chi connectivity index (χ1n) is 10.8. The van der Waals surface area contributed by atoms with Crippen LogP contribution < -0.4 is 15.2 Å². The van der Waals surface area contributed by atoms with Gasteiger partial charge in [-0.25, -0.2) is 9.48 Å². The predicted octanol–water partition coefficient (Wildman–Crippen LogP) is 3.23. The molecule has 0 saturated heterocycles. The zero-order chi connectivity index (χ0) is 23.7. The van der Waals surface area contributed by atoms with Crippen molar-refractivity contribution in [2.45, 2.75) is 40.7 Å². The Morgan fingerprint density at radius 1 is 0.970 bits per heavy atom. The smallest absolute Gasteiger partial charge is 0.368 e. The van der Waals surface area contributed by atoms with Gasteiger partial charge in [0.15, 0.2) is 0 Å². The molecule has 4 aromatic rings. The minimum atomic E-state index is -0.346. The first-order chi connectivity index (χ1) is 15.8. The second kappa shape index (κ2) is 8.93. The normalized spacial score (nSPS) is 11.1. The van der Waals surface area contributed by atoms with Crippen LogP contribution in [0.4, 0.5) is 0 Å². The quantitative estimate of drug-likeness (QED) is 0.431. The molecular weight excluding hydrogens is 420 g/mol. The fourth-order valence-corrected chi connectivity index (χ4v) is 4.07. The zero-order valence-electron chi connectivity index (χ0n) is 19.8. The molecule has 2 heterocycles. The van der Waals surface area contributed by atoms with Crippen LogP contribution in [0.1, 0.15) is 35.0 Å². The van der Waals surface area contributed by atoms with Gasteiger partial charge in [-0.2, -0.15) is 14.5 Å². The van der Waals surface area contributed by atoms with Crippen LogP contribution in [-0.2, 0) is 20.1 Å². The molecule has 9 nitrogen and oxygen atoms in total. The summed E-state index contributed by atoms with van der Waals surface area (Å²) in [5.41, 5.74) is 6.37. The van der Waals surface area contributed by atoms with Crippen molar-refractivity contribution in [2.75, 3.05) is 7.11 Å². The molecule has 0 aliphatic rings. The third-order valence-corrected chi connectivity index (χ3v) is 5.85. The monoisotopic (exact) mass is 448 g/mol. The van der Waals surface area contributed by atoms with Gasteiger partial charge in [-0.15, -0.1) is 0 Å². The van der Waals surface area contributed by atoms with Crippen molar-refractivity contribution >= 4 is 0 Å². The number of methoxy groups -OCH3 is 1. The molecule has 0 unspecified atom stereocenters. The van der Waals surface area contributed by atoms with Crippen LogP contribution in [0.5, 0.6) is 11.5 Å². The Kier molecular flexibility index (Phi) is 6.04. The Morgan fingerprint density at radius 2 is 1.76 bits per heavy atom. The van der Waals surface area contributed by atoms with Crippen LogP contribution in [-0.4, -0.2) is 36.7 Å². The number of rotatable bonds is 7. The number of aryl methyl sites for hydroxylation is 3. The number of hydrogen-bond donors (Lipinski definition) is 0. The molecule has 0 spiro atoms. The van der Waals surface area contributed by atoms with Crippen molar-refractivity contribution < 1.29 is 9.47 Å². The van der Waals surface area contributed by atoms with Gasteiger partial charge in [0.2, 0.25) is 0 Å². The van der Waals surface area contributed by atoms with Gasteiger partial charge in [0.1, 0.15) is 18.1 Å². The molecule has 2 aromatic carbocycles. The van der Waals surface area contributed by atoms with Crippen LogP contribution >= 0.6 is 0 Å². The first kappa shape index (κ1) is 22.3. The van der Waals surface area contributed by atoms with Gasteiger partial charge in [0.25, 0.3) is 0 Å². The Labute approximate surface area is 192 Å². The van der Waals surface area contributed by atoms with Crippen LogP contribution in [0.2, 0.25) is 0 Å². The van der Waals surface area contributed by atoms with E-state index < -0.39 is 0 Å². The van der Waals surface area contributed by atoms with Gasteiger partial charge in [-0.3, -0.25) is 0 Å². The largest absolute Gasteiger partial charge is 0.496 e. The minimum absolute atomic E-state index is 0.197. The van der Waals surface area contributed by atoms with E-state index in [-0.39, 0.29) is 12.3 Å². The van der Waals surface area contributed by atoms with E-state index in [1.807, 2.05) is 36.7 Å². The zero-order valence-corrected chi connectivity index (χ0v) is 19.8. The van der Waals surface area contributed by atoms with Gasteiger partial charge >= 0.3 is 5.69 Å². The molecule has 0 aliphatic carbocycles. The summed E-state index contributed by atoms with van der Waals surface area (Å²) in [5, 5.41) is 12.5. The number of nitrogens with zero attached hydrogens (tertiary/aromatic N) is 6. The van der Waals surface area contributed by atoms with Crippen molar-refractivity contribution in [3.8, 4) is 22.9 Å². The molecular formula is C24H28N6O3. The molecule has 9 heteroatoms. The predicted molar refractivity (Wildman–Crippen MR) is 125 cm³/mol. The maximum atomic E-state index is 12.4. The Hall–Kier alpha value is -3.88. The average molecular weight is 449 g/mol. The summed E-state index contributed by atoms with van der Waals surface area (Å²) in [6, 6.07) is 11.4. The van der Waals surface area contributed by atoms with E-state index in [2.05, 4.69) is 30.3 Å². The van der Waals surface area contributed by atoms with E-state index in [4.69, 9.17) is 14.6 Å². The lowest BCUT2D eigenvalue weighted by Crippen LogP contribution is -2.23. The number of tetrazole rings is 1. The Balaban J connectivity index is 1.64. The van der Waals surface area contributed by atoms with Gasteiger partial charge < -0.3 is 9.47 Å². The highest BCUT2D eigenvalue weighted by molar-refractivity contribution is 5.50. The summed E-state index contributed by atoms with van der Waals surface area (Å²) in [6.45, 7) is 8.48. The fourth-order valence-electron chi connectivity index (χ4n) is 4.07. The maximum absolute atomic E-state index is 12.4. The van der Waals surface area contributed by atoms with Crippen LogP contribution in [0.3, 0.4) is 0 Å². The highest BCUT2D eigenvalue weighted by atomic mass is 16.5. The maximum Gasteiger partial charge on any atom is 0.368 e. The van der Waals surface area contributed by atoms with Gasteiger partial charge in [0.05, 0.1) is 29.7 Å². The lowest BCUT2D eigenvalue weighted by atomic mass is 10.1. The second-order valence-corrected chi connectivity index (χ2v) is 7.91. The van der Waals surface area contributed by atoms with Gasteiger partial charge in [-0.1, -0.05) is 13.0 Å².